The minimum atomic E-state index is -0.995. The molecule has 0 aromatic heterocycles. The Hall–Kier alpha value is -3.19. The Morgan fingerprint density at radius 3 is 2.17 bits per heavy atom. The number of nitrogens with zero attached hydrogens (tertiary/aromatic N) is 1. The van der Waals surface area contributed by atoms with Crippen LogP contribution in [0.4, 0.5) is 0 Å². The second kappa shape index (κ2) is 15.7. The fourth-order valence-electron chi connectivity index (χ4n) is 4.03. The van der Waals surface area contributed by atoms with Gasteiger partial charge in [0.1, 0.15) is 11.5 Å². The third-order valence-corrected chi connectivity index (χ3v) is 6.17. The Labute approximate surface area is 214 Å². The Balaban J connectivity index is 2.30. The highest BCUT2D eigenvalue weighted by molar-refractivity contribution is 6.01. The predicted molar refractivity (Wildman–Crippen MR) is 138 cm³/mol. The molecule has 0 aliphatic heterocycles. The van der Waals surface area contributed by atoms with Crippen LogP contribution in [0, 0.1) is 5.92 Å². The van der Waals surface area contributed by atoms with E-state index in [1.807, 2.05) is 42.5 Å². The van der Waals surface area contributed by atoms with Gasteiger partial charge in [-0.15, -0.1) is 0 Å². The maximum Gasteiger partial charge on any atom is 0.331 e. The molecule has 0 N–H and O–H groups in total. The number of ketones is 1. The first kappa shape index (κ1) is 29.0. The normalized spacial score (nSPS) is 12.4. The molecule has 0 aliphatic carbocycles. The van der Waals surface area contributed by atoms with Crippen LogP contribution in [-0.4, -0.2) is 49.4 Å². The highest BCUT2D eigenvalue weighted by Crippen LogP contribution is 2.21. The van der Waals surface area contributed by atoms with Crippen LogP contribution in [0.5, 0.6) is 5.75 Å². The van der Waals surface area contributed by atoms with Crippen molar-refractivity contribution >= 4 is 17.7 Å². The maximum absolute atomic E-state index is 13.8. The Morgan fingerprint density at radius 2 is 1.58 bits per heavy atom. The predicted octanol–water partition coefficient (Wildman–Crippen LogP) is 4.96. The van der Waals surface area contributed by atoms with Crippen molar-refractivity contribution in [2.75, 3.05) is 20.8 Å². The van der Waals surface area contributed by atoms with E-state index in [1.54, 1.807) is 19.2 Å². The van der Waals surface area contributed by atoms with Crippen molar-refractivity contribution in [3.63, 3.8) is 0 Å². The van der Waals surface area contributed by atoms with Crippen molar-refractivity contribution in [1.29, 1.82) is 0 Å². The summed E-state index contributed by atoms with van der Waals surface area (Å²) in [4.78, 5) is 40.6. The highest BCUT2D eigenvalue weighted by atomic mass is 16.5. The van der Waals surface area contributed by atoms with E-state index in [0.717, 1.165) is 36.8 Å². The first-order valence-electron chi connectivity index (χ1n) is 12.5. The number of Topliss-reactive ketones (excluding diaryl/α,β-unsaturated/α-hetero) is 1. The molecule has 0 aliphatic rings. The first-order valence-corrected chi connectivity index (χ1v) is 12.5. The zero-order chi connectivity index (χ0) is 26.3. The zero-order valence-electron chi connectivity index (χ0n) is 21.9. The minimum absolute atomic E-state index is 0.0517. The van der Waals surface area contributed by atoms with Gasteiger partial charge in [0.25, 0.3) is 0 Å². The van der Waals surface area contributed by atoms with E-state index >= 15 is 0 Å². The van der Waals surface area contributed by atoms with Crippen LogP contribution in [0.3, 0.4) is 0 Å². The quantitative estimate of drug-likeness (QED) is 0.185. The van der Waals surface area contributed by atoms with Gasteiger partial charge in [0, 0.05) is 6.54 Å². The average Bonchev–Trinajstić information content (AvgIpc) is 2.90. The molecule has 2 aromatic rings. The van der Waals surface area contributed by atoms with Crippen molar-refractivity contribution in [1.82, 2.24) is 4.90 Å². The van der Waals surface area contributed by atoms with E-state index in [-0.39, 0.29) is 31.4 Å². The zero-order valence-corrected chi connectivity index (χ0v) is 21.9. The number of unbranched alkanes of at least 4 members (excludes halogenated alkanes) is 3. The number of amides is 1. The van der Waals surface area contributed by atoms with E-state index < -0.39 is 17.9 Å². The molecule has 0 radical (unpaired) electrons. The third kappa shape index (κ3) is 9.11. The lowest BCUT2D eigenvalue weighted by molar-refractivity contribution is -0.159. The molecule has 7 nitrogen and oxygen atoms in total. The smallest absolute Gasteiger partial charge is 0.331 e. The lowest BCUT2D eigenvalue weighted by atomic mass is 9.94. The Bertz CT molecular complexity index is 944. The molecule has 1 unspecified atom stereocenters. The summed E-state index contributed by atoms with van der Waals surface area (Å²) in [7, 11) is 2.87. The molecular formula is C29H39NO6. The first-order chi connectivity index (χ1) is 17.4. The lowest BCUT2D eigenvalue weighted by Gasteiger charge is -2.32. The number of carbonyl (C=O) groups is 3. The van der Waals surface area contributed by atoms with E-state index in [9.17, 15) is 14.4 Å². The topological polar surface area (TPSA) is 82.1 Å². The third-order valence-electron chi connectivity index (χ3n) is 6.17. The van der Waals surface area contributed by atoms with Crippen LogP contribution in [0.15, 0.2) is 54.6 Å². The van der Waals surface area contributed by atoms with E-state index in [1.165, 1.54) is 18.9 Å². The van der Waals surface area contributed by atoms with Crippen LogP contribution in [0.2, 0.25) is 0 Å². The van der Waals surface area contributed by atoms with Crippen molar-refractivity contribution in [2.24, 2.45) is 5.92 Å². The number of esters is 1. The molecule has 2 atom stereocenters. The Kier molecular flexibility index (Phi) is 12.7. The number of hydrogen-bond donors (Lipinski definition) is 0. The number of carbonyl (C=O) groups excluding carboxylic acids is 3. The van der Waals surface area contributed by atoms with Crippen LogP contribution in [0.1, 0.15) is 57.1 Å². The van der Waals surface area contributed by atoms with Gasteiger partial charge in [-0.3, -0.25) is 9.59 Å². The van der Waals surface area contributed by atoms with Gasteiger partial charge in [-0.1, -0.05) is 75.1 Å². The summed E-state index contributed by atoms with van der Waals surface area (Å²) in [6, 6.07) is 15.9. The van der Waals surface area contributed by atoms with Crippen molar-refractivity contribution in [3.05, 3.63) is 65.7 Å². The summed E-state index contributed by atoms with van der Waals surface area (Å²) >= 11 is 0. The van der Waals surface area contributed by atoms with E-state index in [2.05, 4.69) is 6.92 Å². The molecule has 36 heavy (non-hydrogen) atoms. The van der Waals surface area contributed by atoms with Crippen LogP contribution >= 0.6 is 0 Å². The van der Waals surface area contributed by atoms with Gasteiger partial charge in [0.2, 0.25) is 5.91 Å². The molecule has 2 aromatic carbocycles. The van der Waals surface area contributed by atoms with Gasteiger partial charge in [-0.25, -0.2) is 4.79 Å². The molecule has 0 saturated heterocycles. The number of benzene rings is 2. The fourth-order valence-corrected chi connectivity index (χ4v) is 4.03. The van der Waals surface area contributed by atoms with E-state index in [4.69, 9.17) is 14.2 Å². The number of methoxy groups -OCH3 is 2. The van der Waals surface area contributed by atoms with Crippen molar-refractivity contribution < 1.29 is 28.6 Å². The highest BCUT2D eigenvalue weighted by Gasteiger charge is 2.36. The largest absolute Gasteiger partial charge is 0.497 e. The monoisotopic (exact) mass is 497 g/mol. The number of ether oxygens (including phenoxy) is 3. The summed E-state index contributed by atoms with van der Waals surface area (Å²) < 4.78 is 16.2. The second-order valence-corrected chi connectivity index (χ2v) is 8.87. The molecule has 0 fully saturated rings. The molecular weight excluding hydrogens is 458 g/mol. The van der Waals surface area contributed by atoms with Crippen molar-refractivity contribution in [3.8, 4) is 5.75 Å². The molecule has 196 valence electrons. The summed E-state index contributed by atoms with van der Waals surface area (Å²) in [6.45, 7) is 3.92. The van der Waals surface area contributed by atoms with E-state index in [0.29, 0.717) is 12.2 Å². The standard InChI is InChI=1S/C29H39NO6/c1-5-6-7-11-14-26(22(2)31)28(32)30(19-23-15-17-25(34-3)18-16-23)27(29(33)35-4)21-36-20-24-12-9-8-10-13-24/h8-10,12-13,15-18,26-27H,5-7,11,14,19-21H2,1-4H3/t26?,27-/m0/s1. The van der Waals surface area contributed by atoms with Gasteiger partial charge in [-0.2, -0.15) is 0 Å². The van der Waals surface area contributed by atoms with Crippen LogP contribution in [-0.2, 0) is 37.0 Å². The molecule has 0 heterocycles. The van der Waals surface area contributed by atoms with Crippen molar-refractivity contribution in [2.45, 2.75) is 65.1 Å². The average molecular weight is 498 g/mol. The molecule has 7 heteroatoms. The van der Waals surface area contributed by atoms with Gasteiger partial charge >= 0.3 is 5.97 Å². The van der Waals surface area contributed by atoms with Gasteiger partial charge < -0.3 is 19.1 Å². The van der Waals surface area contributed by atoms with Gasteiger partial charge in [0.05, 0.1) is 33.4 Å². The molecule has 1 amide bonds. The van der Waals surface area contributed by atoms with Crippen LogP contribution in [0.25, 0.3) is 0 Å². The van der Waals surface area contributed by atoms with Gasteiger partial charge in [0.15, 0.2) is 6.04 Å². The SMILES string of the molecule is CCCCCCC(C(C)=O)C(=O)N(Cc1ccc(OC)cc1)[C@@H](COCc1ccccc1)C(=O)OC. The molecule has 0 bridgehead atoms. The second-order valence-electron chi connectivity index (χ2n) is 8.87. The molecule has 0 saturated carbocycles. The summed E-state index contributed by atoms with van der Waals surface area (Å²) in [5.74, 6) is -1.30. The molecule has 0 spiro atoms. The minimum Gasteiger partial charge on any atom is -0.497 e. The Morgan fingerprint density at radius 1 is 0.889 bits per heavy atom. The fraction of sp³-hybridized carbons (Fsp3) is 0.483. The number of hydrogen-bond acceptors (Lipinski definition) is 6. The summed E-state index contributed by atoms with van der Waals surface area (Å²) in [6.07, 6.45) is 4.28. The van der Waals surface area contributed by atoms with Crippen LogP contribution < -0.4 is 4.74 Å². The maximum atomic E-state index is 13.8. The van der Waals surface area contributed by atoms with Gasteiger partial charge in [-0.05, 0) is 36.6 Å². The number of rotatable bonds is 16. The lowest BCUT2D eigenvalue weighted by Crippen LogP contribution is -2.51. The summed E-state index contributed by atoms with van der Waals surface area (Å²) in [5, 5.41) is 0. The summed E-state index contributed by atoms with van der Waals surface area (Å²) in [5.41, 5.74) is 1.75. The molecule has 2 rings (SSSR count).